The number of benzene rings is 2. The second-order valence-electron chi connectivity index (χ2n) is 4.77. The van der Waals surface area contributed by atoms with Crippen LogP contribution < -0.4 is 5.32 Å². The van der Waals surface area contributed by atoms with Crippen LogP contribution in [0.5, 0.6) is 0 Å². The van der Waals surface area contributed by atoms with E-state index in [0.717, 1.165) is 21.7 Å². The number of likely N-dealkylation sites (N-methyl/N-ethyl adjacent to an activating group) is 1. The van der Waals surface area contributed by atoms with Crippen molar-refractivity contribution in [2.24, 2.45) is 0 Å². The number of aryl methyl sites for hydroxylation is 1. The van der Waals surface area contributed by atoms with Gasteiger partial charge in [-0.15, -0.1) is 0 Å². The van der Waals surface area contributed by atoms with Crippen LogP contribution in [-0.2, 0) is 6.42 Å². The van der Waals surface area contributed by atoms with Crippen LogP contribution in [0.2, 0.25) is 5.02 Å². The van der Waals surface area contributed by atoms with Gasteiger partial charge in [-0.3, -0.25) is 0 Å². The zero-order chi connectivity index (χ0) is 14.7. The van der Waals surface area contributed by atoms with Gasteiger partial charge in [0, 0.05) is 11.1 Å². The lowest BCUT2D eigenvalue weighted by Crippen LogP contribution is -2.19. The highest BCUT2D eigenvalue weighted by molar-refractivity contribution is 9.10. The molecule has 2 aromatic rings. The molecule has 0 aliphatic rings. The summed E-state index contributed by atoms with van der Waals surface area (Å²) in [7, 11) is 1.89. The first kappa shape index (κ1) is 15.5. The van der Waals surface area contributed by atoms with Crippen molar-refractivity contribution in [1.82, 2.24) is 5.32 Å². The Balaban J connectivity index is 2.28. The van der Waals surface area contributed by atoms with E-state index in [0.29, 0.717) is 10.9 Å². The Bertz CT molecular complexity index is 615. The van der Waals surface area contributed by atoms with E-state index in [1.165, 1.54) is 6.07 Å². The van der Waals surface area contributed by atoms with Gasteiger partial charge >= 0.3 is 0 Å². The summed E-state index contributed by atoms with van der Waals surface area (Å²) < 4.78 is 14.1. The quantitative estimate of drug-likeness (QED) is 0.808. The van der Waals surface area contributed by atoms with E-state index in [4.69, 9.17) is 11.6 Å². The average molecular weight is 357 g/mol. The molecule has 0 bridgehead atoms. The van der Waals surface area contributed by atoms with Crippen LogP contribution in [-0.4, -0.2) is 7.05 Å². The molecule has 0 spiro atoms. The largest absolute Gasteiger partial charge is 0.313 e. The predicted molar refractivity (Wildman–Crippen MR) is 85.8 cm³/mol. The van der Waals surface area contributed by atoms with Crippen molar-refractivity contribution in [3.63, 3.8) is 0 Å². The minimum atomic E-state index is -0.237. The number of hydrogen-bond acceptors (Lipinski definition) is 1. The van der Waals surface area contributed by atoms with Crippen molar-refractivity contribution in [3.8, 4) is 0 Å². The lowest BCUT2D eigenvalue weighted by molar-refractivity contribution is 0.580. The van der Waals surface area contributed by atoms with Crippen molar-refractivity contribution in [2.45, 2.75) is 19.4 Å². The van der Waals surface area contributed by atoms with Crippen LogP contribution >= 0.6 is 27.5 Å². The molecule has 1 N–H and O–H groups in total. The Morgan fingerprint density at radius 1 is 1.30 bits per heavy atom. The Morgan fingerprint density at radius 2 is 2.05 bits per heavy atom. The summed E-state index contributed by atoms with van der Waals surface area (Å²) in [6, 6.07) is 11.2. The first-order valence-corrected chi connectivity index (χ1v) is 7.56. The van der Waals surface area contributed by atoms with Crippen molar-refractivity contribution < 1.29 is 4.39 Å². The van der Waals surface area contributed by atoms with E-state index in [2.05, 4.69) is 27.3 Å². The maximum atomic E-state index is 13.6. The minimum Gasteiger partial charge on any atom is -0.313 e. The summed E-state index contributed by atoms with van der Waals surface area (Å²) in [4.78, 5) is 0. The summed E-state index contributed by atoms with van der Waals surface area (Å²) in [5.74, 6) is -0.237. The first-order valence-electron chi connectivity index (χ1n) is 6.39. The molecule has 2 aromatic carbocycles. The van der Waals surface area contributed by atoms with E-state index in [-0.39, 0.29) is 11.9 Å². The first-order chi connectivity index (χ1) is 9.52. The molecule has 1 nitrogen and oxygen atoms in total. The molecule has 2 rings (SSSR count). The summed E-state index contributed by atoms with van der Waals surface area (Å²) in [6.45, 7) is 1.98. The maximum absolute atomic E-state index is 13.6. The fraction of sp³-hybridized carbons (Fsp3) is 0.250. The lowest BCUT2D eigenvalue weighted by Gasteiger charge is -2.18. The summed E-state index contributed by atoms with van der Waals surface area (Å²) >= 11 is 9.48. The molecular weight excluding hydrogens is 341 g/mol. The lowest BCUT2D eigenvalue weighted by atomic mass is 9.98. The van der Waals surface area contributed by atoms with Crippen LogP contribution in [0.25, 0.3) is 0 Å². The standard InChI is InChI=1S/C16H16BrClFN/c1-10-6-7-11(8-13(10)18)15(20-2)9-12-4-3-5-14(19)16(12)17/h3-8,15,20H,9H2,1-2H3. The highest BCUT2D eigenvalue weighted by atomic mass is 79.9. The second kappa shape index (κ2) is 6.70. The van der Waals surface area contributed by atoms with E-state index in [9.17, 15) is 4.39 Å². The molecule has 1 unspecified atom stereocenters. The van der Waals surface area contributed by atoms with Crippen molar-refractivity contribution in [2.75, 3.05) is 7.05 Å². The zero-order valence-electron chi connectivity index (χ0n) is 11.4. The molecule has 4 heteroatoms. The molecule has 0 amide bonds. The second-order valence-corrected chi connectivity index (χ2v) is 5.97. The molecule has 0 aromatic heterocycles. The molecule has 0 saturated heterocycles. The third-order valence-electron chi connectivity index (χ3n) is 3.40. The average Bonchev–Trinajstić information content (AvgIpc) is 2.44. The van der Waals surface area contributed by atoms with Crippen molar-refractivity contribution in [1.29, 1.82) is 0 Å². The Morgan fingerprint density at radius 3 is 2.70 bits per heavy atom. The Kier molecular flexibility index (Phi) is 5.19. The molecule has 0 fully saturated rings. The molecular formula is C16H16BrClFN. The van der Waals surface area contributed by atoms with E-state index in [1.54, 1.807) is 6.07 Å². The molecule has 20 heavy (non-hydrogen) atoms. The number of rotatable bonds is 4. The van der Waals surface area contributed by atoms with Gasteiger partial charge in [0.1, 0.15) is 5.82 Å². The van der Waals surface area contributed by atoms with Crippen LogP contribution in [0.4, 0.5) is 4.39 Å². The normalized spacial score (nSPS) is 12.4. The van der Waals surface area contributed by atoms with Gasteiger partial charge < -0.3 is 5.32 Å². The SMILES string of the molecule is CNC(Cc1cccc(F)c1Br)c1ccc(C)c(Cl)c1. The van der Waals surface area contributed by atoms with Crippen molar-refractivity contribution >= 4 is 27.5 Å². The Labute approximate surface area is 132 Å². The minimum absolute atomic E-state index is 0.0891. The van der Waals surface area contributed by atoms with E-state index >= 15 is 0 Å². The summed E-state index contributed by atoms with van der Waals surface area (Å²) in [5.41, 5.74) is 3.08. The molecule has 0 radical (unpaired) electrons. The molecule has 0 saturated carbocycles. The summed E-state index contributed by atoms with van der Waals surface area (Å²) in [6.07, 6.45) is 0.689. The van der Waals surface area contributed by atoms with E-state index < -0.39 is 0 Å². The van der Waals surface area contributed by atoms with Gasteiger partial charge in [-0.1, -0.05) is 35.9 Å². The number of halogens is 3. The van der Waals surface area contributed by atoms with Gasteiger partial charge in [0.15, 0.2) is 0 Å². The molecule has 106 valence electrons. The van der Waals surface area contributed by atoms with Crippen molar-refractivity contribution in [3.05, 3.63) is 68.4 Å². The number of hydrogen-bond donors (Lipinski definition) is 1. The molecule has 1 atom stereocenters. The van der Waals surface area contributed by atoms with Crippen LogP contribution in [0, 0.1) is 12.7 Å². The fourth-order valence-corrected chi connectivity index (χ4v) is 2.75. The third-order valence-corrected chi connectivity index (χ3v) is 4.70. The van der Waals surface area contributed by atoms with Gasteiger partial charge in [-0.25, -0.2) is 4.39 Å². The topological polar surface area (TPSA) is 12.0 Å². The zero-order valence-corrected chi connectivity index (χ0v) is 13.7. The van der Waals surface area contributed by atoms with Gasteiger partial charge in [0.25, 0.3) is 0 Å². The van der Waals surface area contributed by atoms with Crippen LogP contribution in [0.3, 0.4) is 0 Å². The van der Waals surface area contributed by atoms with Gasteiger partial charge in [-0.2, -0.15) is 0 Å². The fourth-order valence-electron chi connectivity index (χ4n) is 2.14. The molecule has 0 aliphatic carbocycles. The monoisotopic (exact) mass is 355 g/mol. The van der Waals surface area contributed by atoms with E-state index in [1.807, 2.05) is 32.2 Å². The smallest absolute Gasteiger partial charge is 0.137 e. The Hall–Kier alpha value is -0.900. The van der Waals surface area contributed by atoms with Gasteiger partial charge in [0.2, 0.25) is 0 Å². The molecule has 0 aliphatic heterocycles. The highest BCUT2D eigenvalue weighted by Crippen LogP contribution is 2.27. The maximum Gasteiger partial charge on any atom is 0.137 e. The van der Waals surface area contributed by atoms with Crippen LogP contribution in [0.15, 0.2) is 40.9 Å². The third kappa shape index (κ3) is 3.40. The predicted octanol–water partition coefficient (Wildman–Crippen LogP) is 5.05. The molecule has 0 heterocycles. The van der Waals surface area contributed by atoms with Gasteiger partial charge in [0.05, 0.1) is 4.47 Å². The highest BCUT2D eigenvalue weighted by Gasteiger charge is 2.14. The van der Waals surface area contributed by atoms with Gasteiger partial charge in [-0.05, 0) is 65.1 Å². The summed E-state index contributed by atoms with van der Waals surface area (Å²) in [5, 5.41) is 4.01. The number of nitrogens with one attached hydrogen (secondary N) is 1. The van der Waals surface area contributed by atoms with Crippen LogP contribution in [0.1, 0.15) is 22.7 Å².